The summed E-state index contributed by atoms with van der Waals surface area (Å²) < 4.78 is 2.30. The maximum Gasteiger partial charge on any atom is 0.178 e. The van der Waals surface area contributed by atoms with Gasteiger partial charge in [-0.15, -0.1) is 0 Å². The van der Waals surface area contributed by atoms with E-state index >= 15 is 0 Å². The highest BCUT2D eigenvalue weighted by Crippen LogP contribution is 1.91. The minimum absolute atomic E-state index is 0. The highest BCUT2D eigenvalue weighted by atomic mass is 127. The molecule has 0 atom stereocenters. The van der Waals surface area contributed by atoms with Crippen molar-refractivity contribution in [2.45, 2.75) is 33.2 Å². The molecule has 0 aliphatic carbocycles. The summed E-state index contributed by atoms with van der Waals surface area (Å²) in [7, 11) is 0. The first kappa shape index (κ1) is 11.9. The zero-order chi connectivity index (χ0) is 8.10. The van der Waals surface area contributed by atoms with Crippen LogP contribution in [0.5, 0.6) is 0 Å². The van der Waals surface area contributed by atoms with Crippen molar-refractivity contribution < 1.29 is 28.5 Å². The Bertz CT molecular complexity index is 223. The van der Waals surface area contributed by atoms with Gasteiger partial charge in [0.05, 0.1) is 0 Å². The Balaban J connectivity index is 0.00000121. The second-order valence-electron chi connectivity index (χ2n) is 2.89. The first-order chi connectivity index (χ1) is 5.34. The molecule has 68 valence electrons. The molecule has 0 saturated heterocycles. The normalized spacial score (nSPS) is 9.17. The van der Waals surface area contributed by atoms with Gasteiger partial charge in [0.15, 0.2) is 11.9 Å². The Morgan fingerprint density at radius 3 is 2.67 bits per heavy atom. The first-order valence-electron chi connectivity index (χ1n) is 4.29. The van der Waals surface area contributed by atoms with E-state index in [-0.39, 0.29) is 24.0 Å². The monoisotopic (exact) mass is 277 g/mol. The molecule has 0 aromatic carbocycles. The van der Waals surface area contributed by atoms with Crippen LogP contribution >= 0.6 is 0 Å². The lowest BCUT2D eigenvalue weighted by atomic mass is 10.3. The summed E-state index contributed by atoms with van der Waals surface area (Å²) in [5.41, 5.74) is 1.35. The Labute approximate surface area is 91.8 Å². The summed E-state index contributed by atoms with van der Waals surface area (Å²) in [5.74, 6) is 0. The second kappa shape index (κ2) is 6.40. The van der Waals surface area contributed by atoms with Gasteiger partial charge in [0.1, 0.15) is 6.54 Å². The molecule has 0 aliphatic heterocycles. The van der Waals surface area contributed by atoms with Crippen molar-refractivity contribution in [3.8, 4) is 0 Å². The van der Waals surface area contributed by atoms with Gasteiger partial charge in [0.25, 0.3) is 0 Å². The van der Waals surface area contributed by atoms with Crippen molar-refractivity contribution in [3.63, 3.8) is 0 Å². The van der Waals surface area contributed by atoms with Crippen molar-refractivity contribution in [2.24, 2.45) is 0 Å². The summed E-state index contributed by atoms with van der Waals surface area (Å²) >= 11 is 0. The van der Waals surface area contributed by atoms with E-state index in [1.54, 1.807) is 0 Å². The molecule has 1 aromatic heterocycles. The summed E-state index contributed by atoms with van der Waals surface area (Å²) in [6.45, 7) is 5.53. The van der Waals surface area contributed by atoms with E-state index in [1.807, 2.05) is 0 Å². The maximum absolute atomic E-state index is 2.30. The molecule has 1 aromatic rings. The number of aromatic nitrogens is 1. The van der Waals surface area contributed by atoms with Crippen molar-refractivity contribution >= 4 is 0 Å². The van der Waals surface area contributed by atoms with Crippen molar-refractivity contribution in [3.05, 3.63) is 30.1 Å². The minimum Gasteiger partial charge on any atom is -1.00 e. The van der Waals surface area contributed by atoms with Gasteiger partial charge < -0.3 is 24.0 Å². The van der Waals surface area contributed by atoms with Crippen molar-refractivity contribution in [2.75, 3.05) is 0 Å². The summed E-state index contributed by atoms with van der Waals surface area (Å²) in [6, 6.07) is 6.32. The van der Waals surface area contributed by atoms with Gasteiger partial charge in [-0.1, -0.05) is 19.4 Å². The summed E-state index contributed by atoms with van der Waals surface area (Å²) in [5, 5.41) is 0. The molecule has 0 fully saturated rings. The zero-order valence-electron chi connectivity index (χ0n) is 7.76. The number of unbranched alkanes of at least 4 members (excludes halogenated alkanes) is 1. The van der Waals surface area contributed by atoms with E-state index in [9.17, 15) is 0 Å². The van der Waals surface area contributed by atoms with Gasteiger partial charge in [-0.05, 0) is 0 Å². The fourth-order valence-corrected chi connectivity index (χ4v) is 1.14. The molecule has 2 heteroatoms. The van der Waals surface area contributed by atoms with E-state index in [4.69, 9.17) is 0 Å². The standard InChI is InChI=1S/C10H16N.HI/c1-3-4-8-11-9-6-5-7-10(11)2;/h5-7,9H,3-4,8H2,1-2H3;1H/q+1;/p-1. The third-order valence-corrected chi connectivity index (χ3v) is 1.92. The lowest BCUT2D eigenvalue weighted by molar-refractivity contribution is -0.703. The van der Waals surface area contributed by atoms with E-state index in [0.717, 1.165) is 6.54 Å². The van der Waals surface area contributed by atoms with E-state index in [1.165, 1.54) is 18.5 Å². The molecule has 0 bridgehead atoms. The first-order valence-corrected chi connectivity index (χ1v) is 4.29. The average Bonchev–Trinajstić information content (AvgIpc) is 2.03. The highest BCUT2D eigenvalue weighted by Gasteiger charge is 2.01. The molecule has 0 aliphatic rings. The van der Waals surface area contributed by atoms with Crippen LogP contribution in [-0.4, -0.2) is 0 Å². The third kappa shape index (κ3) is 3.52. The fourth-order valence-electron chi connectivity index (χ4n) is 1.14. The number of nitrogens with zero attached hydrogens (tertiary/aromatic N) is 1. The number of pyridine rings is 1. The molecule has 12 heavy (non-hydrogen) atoms. The molecule has 0 N–H and O–H groups in total. The molecule has 0 amide bonds. The van der Waals surface area contributed by atoms with Gasteiger partial charge >= 0.3 is 0 Å². The van der Waals surface area contributed by atoms with Gasteiger partial charge in [-0.25, -0.2) is 4.57 Å². The number of rotatable bonds is 3. The molecule has 0 saturated carbocycles. The SMILES string of the molecule is CCCC[n+]1ccccc1C.[I-]. The van der Waals surface area contributed by atoms with Gasteiger partial charge in [-0.2, -0.15) is 0 Å². The van der Waals surface area contributed by atoms with Crippen LogP contribution in [-0.2, 0) is 6.54 Å². The van der Waals surface area contributed by atoms with Crippen LogP contribution in [0.15, 0.2) is 24.4 Å². The lowest BCUT2D eigenvalue weighted by Gasteiger charge is -1.97. The Morgan fingerprint density at radius 1 is 1.33 bits per heavy atom. The van der Waals surface area contributed by atoms with Crippen LogP contribution in [0, 0.1) is 6.92 Å². The largest absolute Gasteiger partial charge is 1.00 e. The molecule has 1 heterocycles. The van der Waals surface area contributed by atoms with Gasteiger partial charge in [-0.3, -0.25) is 0 Å². The lowest BCUT2D eigenvalue weighted by Crippen LogP contribution is -3.00. The minimum atomic E-state index is 0. The quantitative estimate of drug-likeness (QED) is 0.497. The number of hydrogen-bond donors (Lipinski definition) is 0. The molecule has 1 rings (SSSR count). The van der Waals surface area contributed by atoms with E-state index in [0.29, 0.717) is 0 Å². The van der Waals surface area contributed by atoms with Gasteiger partial charge in [0, 0.05) is 25.5 Å². The smallest absolute Gasteiger partial charge is 0.178 e. The van der Waals surface area contributed by atoms with Crippen LogP contribution in [0.1, 0.15) is 25.5 Å². The summed E-state index contributed by atoms with van der Waals surface area (Å²) in [6.07, 6.45) is 4.68. The van der Waals surface area contributed by atoms with Crippen LogP contribution in [0.2, 0.25) is 0 Å². The molecule has 0 radical (unpaired) electrons. The van der Waals surface area contributed by atoms with E-state index in [2.05, 4.69) is 42.8 Å². The van der Waals surface area contributed by atoms with Crippen LogP contribution < -0.4 is 28.5 Å². The molecule has 1 nitrogen and oxygen atoms in total. The Kier molecular flexibility index (Phi) is 6.34. The number of hydrogen-bond acceptors (Lipinski definition) is 0. The van der Waals surface area contributed by atoms with Crippen LogP contribution in [0.25, 0.3) is 0 Å². The second-order valence-corrected chi connectivity index (χ2v) is 2.89. The molecule has 0 unspecified atom stereocenters. The topological polar surface area (TPSA) is 3.88 Å². The molecule has 0 spiro atoms. The molecular weight excluding hydrogens is 261 g/mol. The van der Waals surface area contributed by atoms with Crippen molar-refractivity contribution in [1.29, 1.82) is 0 Å². The van der Waals surface area contributed by atoms with E-state index < -0.39 is 0 Å². The number of halogens is 1. The fraction of sp³-hybridized carbons (Fsp3) is 0.500. The zero-order valence-corrected chi connectivity index (χ0v) is 9.91. The van der Waals surface area contributed by atoms with Gasteiger partial charge in [0.2, 0.25) is 0 Å². The predicted octanol–water partition coefficient (Wildman–Crippen LogP) is -0.913. The summed E-state index contributed by atoms with van der Waals surface area (Å²) in [4.78, 5) is 0. The average molecular weight is 277 g/mol. The molecular formula is C10H16IN. The van der Waals surface area contributed by atoms with Crippen LogP contribution in [0.4, 0.5) is 0 Å². The van der Waals surface area contributed by atoms with Crippen LogP contribution in [0.3, 0.4) is 0 Å². The Hall–Kier alpha value is -0.120. The third-order valence-electron chi connectivity index (χ3n) is 1.92. The highest BCUT2D eigenvalue weighted by molar-refractivity contribution is 4.93. The Morgan fingerprint density at radius 2 is 2.08 bits per heavy atom. The maximum atomic E-state index is 2.30. The predicted molar refractivity (Wildman–Crippen MR) is 46.3 cm³/mol. The van der Waals surface area contributed by atoms with Crippen molar-refractivity contribution in [1.82, 2.24) is 0 Å². The number of aryl methyl sites for hydroxylation is 2.